The van der Waals surface area contributed by atoms with Gasteiger partial charge in [-0.15, -0.1) is 0 Å². The Morgan fingerprint density at radius 3 is 2.86 bits per heavy atom. The first-order chi connectivity index (χ1) is 10.2. The highest BCUT2D eigenvalue weighted by Crippen LogP contribution is 2.21. The van der Waals surface area contributed by atoms with Crippen LogP contribution < -0.4 is 5.73 Å². The molecule has 0 radical (unpaired) electrons. The number of hydrogen-bond acceptors (Lipinski definition) is 5. The normalized spacial score (nSPS) is 19.8. The van der Waals surface area contributed by atoms with E-state index < -0.39 is 0 Å². The molecule has 1 saturated heterocycles. The standard InChI is InChI=1S/C16H21N3O2/c1-11(12-4-6-13(17)7-5-12)9-16-18-15(19-21-16)10-14-3-2-8-20-14/h4-7,11,14H,2-3,8-10,17H2,1H3. The molecule has 1 aromatic carbocycles. The quantitative estimate of drug-likeness (QED) is 0.856. The molecule has 0 saturated carbocycles. The maximum Gasteiger partial charge on any atom is 0.227 e. The zero-order valence-corrected chi connectivity index (χ0v) is 12.3. The molecule has 1 aliphatic heterocycles. The molecule has 2 aromatic rings. The fraction of sp³-hybridized carbons (Fsp3) is 0.500. The molecule has 5 heteroatoms. The topological polar surface area (TPSA) is 74.2 Å². The van der Waals surface area contributed by atoms with Crippen molar-refractivity contribution in [1.29, 1.82) is 0 Å². The van der Waals surface area contributed by atoms with Gasteiger partial charge in [0.05, 0.1) is 6.10 Å². The summed E-state index contributed by atoms with van der Waals surface area (Å²) in [6, 6.07) is 7.93. The lowest BCUT2D eigenvalue weighted by Crippen LogP contribution is -2.10. The number of nitrogen functional groups attached to an aromatic ring is 1. The van der Waals surface area contributed by atoms with E-state index in [0.717, 1.165) is 43.8 Å². The summed E-state index contributed by atoms with van der Waals surface area (Å²) in [7, 11) is 0. The molecule has 2 heterocycles. The molecule has 0 bridgehead atoms. The van der Waals surface area contributed by atoms with Gasteiger partial charge >= 0.3 is 0 Å². The Kier molecular flexibility index (Phi) is 4.20. The fourth-order valence-electron chi connectivity index (χ4n) is 2.67. The predicted molar refractivity (Wildman–Crippen MR) is 79.9 cm³/mol. The number of aromatic nitrogens is 2. The lowest BCUT2D eigenvalue weighted by molar-refractivity contribution is 0.109. The molecular weight excluding hydrogens is 266 g/mol. The van der Waals surface area contributed by atoms with Crippen LogP contribution in [0.25, 0.3) is 0 Å². The second-order valence-corrected chi connectivity index (χ2v) is 5.72. The first kappa shape index (κ1) is 14.1. The number of rotatable bonds is 5. The predicted octanol–water partition coefficient (Wildman–Crippen LogP) is 2.72. The molecule has 112 valence electrons. The van der Waals surface area contributed by atoms with E-state index in [-0.39, 0.29) is 6.10 Å². The Morgan fingerprint density at radius 2 is 2.14 bits per heavy atom. The summed E-state index contributed by atoms with van der Waals surface area (Å²) in [5.74, 6) is 1.76. The van der Waals surface area contributed by atoms with Crippen molar-refractivity contribution in [2.45, 2.75) is 44.6 Å². The Morgan fingerprint density at radius 1 is 1.33 bits per heavy atom. The second-order valence-electron chi connectivity index (χ2n) is 5.72. The summed E-state index contributed by atoms with van der Waals surface area (Å²) in [4.78, 5) is 4.47. The minimum atomic E-state index is 0.255. The molecule has 0 amide bonds. The zero-order chi connectivity index (χ0) is 14.7. The lowest BCUT2D eigenvalue weighted by atomic mass is 9.98. The number of hydrogen-bond donors (Lipinski definition) is 1. The van der Waals surface area contributed by atoms with E-state index in [0.29, 0.717) is 11.8 Å². The number of anilines is 1. The van der Waals surface area contributed by atoms with Gasteiger partial charge in [0.25, 0.3) is 0 Å². The number of ether oxygens (including phenoxy) is 1. The van der Waals surface area contributed by atoms with Gasteiger partial charge in [-0.25, -0.2) is 0 Å². The molecule has 1 aliphatic rings. The maximum atomic E-state index is 5.71. The van der Waals surface area contributed by atoms with Crippen molar-refractivity contribution in [3.8, 4) is 0 Å². The van der Waals surface area contributed by atoms with Crippen molar-refractivity contribution in [3.63, 3.8) is 0 Å². The number of nitrogens with two attached hydrogens (primary N) is 1. The summed E-state index contributed by atoms with van der Waals surface area (Å²) < 4.78 is 10.9. The van der Waals surface area contributed by atoms with Crippen molar-refractivity contribution in [1.82, 2.24) is 10.1 Å². The molecule has 3 rings (SSSR count). The number of benzene rings is 1. The molecule has 21 heavy (non-hydrogen) atoms. The summed E-state index contributed by atoms with van der Waals surface area (Å²) in [5, 5.41) is 4.05. The SMILES string of the molecule is CC(Cc1nc(CC2CCCO2)no1)c1ccc(N)cc1. The minimum absolute atomic E-state index is 0.255. The van der Waals surface area contributed by atoms with Crippen LogP contribution >= 0.6 is 0 Å². The van der Waals surface area contributed by atoms with E-state index >= 15 is 0 Å². The Labute approximate surface area is 124 Å². The molecule has 2 N–H and O–H groups in total. The molecule has 0 aliphatic carbocycles. The lowest BCUT2D eigenvalue weighted by Gasteiger charge is -2.09. The van der Waals surface area contributed by atoms with Gasteiger partial charge in [0.15, 0.2) is 5.82 Å². The van der Waals surface area contributed by atoms with Gasteiger partial charge in [-0.3, -0.25) is 0 Å². The average molecular weight is 287 g/mol. The van der Waals surface area contributed by atoms with Gasteiger partial charge in [0.1, 0.15) is 0 Å². The van der Waals surface area contributed by atoms with E-state index in [2.05, 4.69) is 17.1 Å². The van der Waals surface area contributed by atoms with Gasteiger partial charge in [-0.2, -0.15) is 4.98 Å². The monoisotopic (exact) mass is 287 g/mol. The van der Waals surface area contributed by atoms with Crippen LogP contribution in [0.5, 0.6) is 0 Å². The smallest absolute Gasteiger partial charge is 0.227 e. The van der Waals surface area contributed by atoms with Gasteiger partial charge in [0.2, 0.25) is 5.89 Å². The van der Waals surface area contributed by atoms with Crippen molar-refractivity contribution in [2.75, 3.05) is 12.3 Å². The molecule has 0 spiro atoms. The third kappa shape index (κ3) is 3.61. The summed E-state index contributed by atoms with van der Waals surface area (Å²) >= 11 is 0. The Bertz CT molecular complexity index is 573. The fourth-order valence-corrected chi connectivity index (χ4v) is 2.67. The molecule has 2 unspecified atom stereocenters. The summed E-state index contributed by atoms with van der Waals surface area (Å²) in [6.45, 7) is 3.00. The highest BCUT2D eigenvalue weighted by molar-refractivity contribution is 5.40. The van der Waals surface area contributed by atoms with Crippen molar-refractivity contribution < 1.29 is 9.26 Å². The Hall–Kier alpha value is -1.88. The molecular formula is C16H21N3O2. The second kappa shape index (κ2) is 6.26. The molecule has 1 fully saturated rings. The first-order valence-electron chi connectivity index (χ1n) is 7.49. The van der Waals surface area contributed by atoms with E-state index in [9.17, 15) is 0 Å². The van der Waals surface area contributed by atoms with E-state index in [1.807, 2.05) is 24.3 Å². The van der Waals surface area contributed by atoms with Crippen LogP contribution in [0.3, 0.4) is 0 Å². The molecule has 1 aromatic heterocycles. The van der Waals surface area contributed by atoms with Crippen LogP contribution in [0.15, 0.2) is 28.8 Å². The number of nitrogens with zero attached hydrogens (tertiary/aromatic N) is 2. The van der Waals surface area contributed by atoms with E-state index in [4.69, 9.17) is 15.0 Å². The largest absolute Gasteiger partial charge is 0.399 e. The van der Waals surface area contributed by atoms with Gasteiger partial charge in [-0.1, -0.05) is 24.2 Å². The highest BCUT2D eigenvalue weighted by atomic mass is 16.5. The minimum Gasteiger partial charge on any atom is -0.399 e. The third-order valence-electron chi connectivity index (χ3n) is 3.93. The first-order valence-corrected chi connectivity index (χ1v) is 7.49. The third-order valence-corrected chi connectivity index (χ3v) is 3.93. The average Bonchev–Trinajstić information content (AvgIpc) is 3.12. The van der Waals surface area contributed by atoms with Crippen LogP contribution in [0.1, 0.15) is 43.0 Å². The summed E-state index contributed by atoms with van der Waals surface area (Å²) in [5.41, 5.74) is 7.71. The van der Waals surface area contributed by atoms with Gasteiger partial charge in [-0.05, 0) is 36.5 Å². The summed E-state index contributed by atoms with van der Waals surface area (Å²) in [6.07, 6.45) is 3.96. The van der Waals surface area contributed by atoms with E-state index in [1.165, 1.54) is 5.56 Å². The van der Waals surface area contributed by atoms with Crippen molar-refractivity contribution in [3.05, 3.63) is 41.5 Å². The molecule has 2 atom stereocenters. The maximum absolute atomic E-state index is 5.71. The van der Waals surface area contributed by atoms with Crippen molar-refractivity contribution >= 4 is 5.69 Å². The molecule has 5 nitrogen and oxygen atoms in total. The van der Waals surface area contributed by atoms with Crippen LogP contribution in [0.4, 0.5) is 5.69 Å². The van der Waals surface area contributed by atoms with Crippen LogP contribution in [0, 0.1) is 0 Å². The zero-order valence-electron chi connectivity index (χ0n) is 12.3. The highest BCUT2D eigenvalue weighted by Gasteiger charge is 2.19. The Balaban J connectivity index is 1.59. The van der Waals surface area contributed by atoms with Gasteiger partial charge in [0, 0.05) is 25.1 Å². The van der Waals surface area contributed by atoms with Gasteiger partial charge < -0.3 is 15.0 Å². The van der Waals surface area contributed by atoms with Crippen LogP contribution in [0.2, 0.25) is 0 Å². The van der Waals surface area contributed by atoms with Crippen molar-refractivity contribution in [2.24, 2.45) is 0 Å². The van der Waals surface area contributed by atoms with Crippen LogP contribution in [-0.2, 0) is 17.6 Å². The van der Waals surface area contributed by atoms with E-state index in [1.54, 1.807) is 0 Å². The van der Waals surface area contributed by atoms with Crippen LogP contribution in [-0.4, -0.2) is 22.9 Å².